The van der Waals surface area contributed by atoms with Crippen LogP contribution in [-0.2, 0) is 16.1 Å². The molecule has 1 aromatic carbocycles. The van der Waals surface area contributed by atoms with Crippen molar-refractivity contribution in [3.05, 3.63) is 66.0 Å². The lowest BCUT2D eigenvalue weighted by Crippen LogP contribution is -2.24. The molecule has 4 atom stereocenters. The quantitative estimate of drug-likeness (QED) is 0.481. The highest BCUT2D eigenvalue weighted by atomic mass is 19.3. The van der Waals surface area contributed by atoms with Crippen LogP contribution < -0.4 is 10.1 Å². The van der Waals surface area contributed by atoms with Crippen LogP contribution in [0.3, 0.4) is 0 Å². The molecule has 0 aliphatic heterocycles. The van der Waals surface area contributed by atoms with Gasteiger partial charge in [-0.15, -0.1) is 0 Å². The zero-order chi connectivity index (χ0) is 25.1. The number of carbonyl (C=O) groups excluding carboxylic acids is 1. The van der Waals surface area contributed by atoms with Gasteiger partial charge in [0.25, 0.3) is 6.47 Å². The lowest BCUT2D eigenvalue weighted by Gasteiger charge is -2.23. The molecular weight excluding hydrogens is 450 g/mol. The molecule has 2 aromatic rings. The van der Waals surface area contributed by atoms with Crippen LogP contribution in [0.2, 0.25) is 0 Å². The van der Waals surface area contributed by atoms with Gasteiger partial charge in [-0.05, 0) is 80.3 Å². The number of pyridine rings is 1. The van der Waals surface area contributed by atoms with Crippen molar-refractivity contribution in [2.45, 2.75) is 44.6 Å². The smallest absolute Gasteiger partial charge is 0.292 e. The molecule has 4 rings (SSSR count). The van der Waals surface area contributed by atoms with Crippen molar-refractivity contribution in [1.82, 2.24) is 10.3 Å². The summed E-state index contributed by atoms with van der Waals surface area (Å²) >= 11 is 0. The predicted octanol–water partition coefficient (Wildman–Crippen LogP) is 5.76. The summed E-state index contributed by atoms with van der Waals surface area (Å²) in [6.45, 7) is 1.82. The predicted molar refractivity (Wildman–Crippen MR) is 133 cm³/mol. The number of carbonyl (C=O) groups is 1. The molecular formula is C28H36F2N2O3. The molecule has 2 aliphatic rings. The SMILES string of the molecule is CNCC1CC2CCC(F)(F)CCC2C1/C=C/c1ccc(OCc2ccccc2)cn1.COC=O. The van der Waals surface area contributed by atoms with E-state index in [2.05, 4.69) is 27.2 Å². The number of alkyl halides is 2. The maximum atomic E-state index is 14.0. The Hall–Kier alpha value is -2.80. The average molecular weight is 487 g/mol. The molecule has 190 valence electrons. The molecule has 0 saturated heterocycles. The van der Waals surface area contributed by atoms with Gasteiger partial charge in [-0.2, -0.15) is 0 Å². The van der Waals surface area contributed by atoms with Gasteiger partial charge in [0.15, 0.2) is 0 Å². The first kappa shape index (κ1) is 26.8. The van der Waals surface area contributed by atoms with E-state index in [1.165, 1.54) is 7.11 Å². The third kappa shape index (κ3) is 8.13. The summed E-state index contributed by atoms with van der Waals surface area (Å²) < 4.78 is 37.6. The van der Waals surface area contributed by atoms with Gasteiger partial charge >= 0.3 is 0 Å². The normalized spacial score (nSPS) is 25.1. The van der Waals surface area contributed by atoms with Crippen molar-refractivity contribution in [3.63, 3.8) is 0 Å². The van der Waals surface area contributed by atoms with E-state index in [1.54, 1.807) is 6.20 Å². The molecule has 5 nitrogen and oxygen atoms in total. The van der Waals surface area contributed by atoms with Crippen molar-refractivity contribution in [2.24, 2.45) is 23.7 Å². The molecule has 4 unspecified atom stereocenters. The average Bonchev–Trinajstić information content (AvgIpc) is 3.13. The molecule has 0 amide bonds. The van der Waals surface area contributed by atoms with Gasteiger partial charge in [-0.1, -0.05) is 36.4 Å². The fourth-order valence-electron chi connectivity index (χ4n) is 5.35. The minimum absolute atomic E-state index is 0.0243. The van der Waals surface area contributed by atoms with E-state index in [4.69, 9.17) is 9.53 Å². The lowest BCUT2D eigenvalue weighted by molar-refractivity contribution is -0.126. The maximum absolute atomic E-state index is 14.0. The number of ether oxygens (including phenoxy) is 2. The first-order valence-electron chi connectivity index (χ1n) is 12.3. The zero-order valence-corrected chi connectivity index (χ0v) is 20.5. The summed E-state index contributed by atoms with van der Waals surface area (Å²) in [6.07, 6.45) is 8.40. The van der Waals surface area contributed by atoms with Crippen LogP contribution >= 0.6 is 0 Å². The molecule has 0 spiro atoms. The highest BCUT2D eigenvalue weighted by Gasteiger charge is 2.46. The number of hydrogen-bond acceptors (Lipinski definition) is 5. The molecule has 1 heterocycles. The lowest BCUT2D eigenvalue weighted by atomic mass is 9.83. The summed E-state index contributed by atoms with van der Waals surface area (Å²) in [5.74, 6) is -0.187. The Morgan fingerprint density at radius 3 is 2.54 bits per heavy atom. The number of nitrogens with zero attached hydrogens (tertiary/aromatic N) is 1. The molecule has 2 saturated carbocycles. The molecule has 2 aliphatic carbocycles. The van der Waals surface area contributed by atoms with Crippen LogP contribution in [0.4, 0.5) is 8.78 Å². The van der Waals surface area contributed by atoms with Crippen LogP contribution in [0.15, 0.2) is 54.7 Å². The number of hydrogen-bond donors (Lipinski definition) is 1. The summed E-state index contributed by atoms with van der Waals surface area (Å²) in [7, 11) is 3.28. The van der Waals surface area contributed by atoms with Crippen LogP contribution in [0.25, 0.3) is 6.08 Å². The van der Waals surface area contributed by atoms with E-state index in [9.17, 15) is 8.78 Å². The third-order valence-corrected chi connectivity index (χ3v) is 7.03. The summed E-state index contributed by atoms with van der Waals surface area (Å²) in [6, 6.07) is 13.9. The van der Waals surface area contributed by atoms with Crippen molar-refractivity contribution < 1.29 is 23.0 Å². The fraction of sp³-hybridized carbons (Fsp3) is 0.500. The third-order valence-electron chi connectivity index (χ3n) is 7.03. The van der Waals surface area contributed by atoms with E-state index in [0.29, 0.717) is 49.6 Å². The van der Waals surface area contributed by atoms with Gasteiger partial charge in [-0.3, -0.25) is 9.78 Å². The van der Waals surface area contributed by atoms with Crippen LogP contribution in [0.1, 0.15) is 43.4 Å². The van der Waals surface area contributed by atoms with Crippen LogP contribution in [0, 0.1) is 23.7 Å². The van der Waals surface area contributed by atoms with Crippen LogP contribution in [0.5, 0.6) is 5.75 Å². The molecule has 1 N–H and O–H groups in total. The van der Waals surface area contributed by atoms with Gasteiger partial charge in [0.2, 0.25) is 5.92 Å². The highest BCUT2D eigenvalue weighted by Crippen LogP contribution is 2.51. The van der Waals surface area contributed by atoms with Gasteiger partial charge < -0.3 is 14.8 Å². The molecule has 0 radical (unpaired) electrons. The Kier molecular flexibility index (Phi) is 10.2. The minimum atomic E-state index is -2.49. The number of allylic oxidation sites excluding steroid dienone is 1. The largest absolute Gasteiger partial charge is 0.487 e. The van der Waals surface area contributed by atoms with E-state index in [-0.39, 0.29) is 12.8 Å². The Morgan fingerprint density at radius 2 is 1.89 bits per heavy atom. The van der Waals surface area contributed by atoms with E-state index >= 15 is 0 Å². The summed E-state index contributed by atoms with van der Waals surface area (Å²) in [4.78, 5) is 13.5. The summed E-state index contributed by atoms with van der Waals surface area (Å²) in [5.41, 5.74) is 1.99. The van der Waals surface area contributed by atoms with Gasteiger partial charge in [0.05, 0.1) is 19.0 Å². The first-order chi connectivity index (χ1) is 17.0. The second-order valence-electron chi connectivity index (χ2n) is 9.37. The molecule has 35 heavy (non-hydrogen) atoms. The second-order valence-corrected chi connectivity index (χ2v) is 9.37. The van der Waals surface area contributed by atoms with E-state index in [0.717, 1.165) is 30.0 Å². The van der Waals surface area contributed by atoms with Gasteiger partial charge in [-0.25, -0.2) is 8.78 Å². The Balaban J connectivity index is 0.000000795. The van der Waals surface area contributed by atoms with Crippen LogP contribution in [-0.4, -0.2) is 38.1 Å². The Bertz CT molecular complexity index is 922. The topological polar surface area (TPSA) is 60.4 Å². The first-order valence-corrected chi connectivity index (χ1v) is 12.3. The summed E-state index contributed by atoms with van der Waals surface area (Å²) in [5, 5.41) is 3.30. The fourth-order valence-corrected chi connectivity index (χ4v) is 5.35. The number of nitrogens with one attached hydrogen (secondary N) is 1. The Morgan fingerprint density at radius 1 is 1.14 bits per heavy atom. The number of methoxy groups -OCH3 is 1. The number of rotatable bonds is 8. The number of halogens is 2. The molecule has 7 heteroatoms. The van der Waals surface area contributed by atoms with Crippen molar-refractivity contribution >= 4 is 12.5 Å². The number of fused-ring (bicyclic) bond motifs is 1. The van der Waals surface area contributed by atoms with Gasteiger partial charge in [0, 0.05) is 12.8 Å². The molecule has 1 aromatic heterocycles. The van der Waals surface area contributed by atoms with Crippen molar-refractivity contribution in [1.29, 1.82) is 0 Å². The second kappa shape index (κ2) is 13.3. The van der Waals surface area contributed by atoms with Gasteiger partial charge in [0.1, 0.15) is 12.4 Å². The highest BCUT2D eigenvalue weighted by molar-refractivity contribution is 5.46. The zero-order valence-electron chi connectivity index (χ0n) is 20.5. The monoisotopic (exact) mass is 486 g/mol. The van der Waals surface area contributed by atoms with Crippen molar-refractivity contribution in [2.75, 3.05) is 20.7 Å². The minimum Gasteiger partial charge on any atom is -0.487 e. The Labute approximate surface area is 206 Å². The standard InChI is InChI=1S/C26H32F2N2O.C2H4O2/c1-29-16-21-15-20-11-13-26(27,28)14-12-25(20)24(21)10-8-22-7-9-23(17-30-22)31-18-19-5-3-2-4-6-19;1-4-2-3/h2-10,17,20-21,24-25,29H,11-16,18H2,1H3;2H,1H3/b10-8+;. The van der Waals surface area contributed by atoms with E-state index < -0.39 is 5.92 Å². The molecule has 0 bridgehead atoms. The maximum Gasteiger partial charge on any atom is 0.292 e. The molecule has 2 fully saturated rings. The van der Waals surface area contributed by atoms with Crippen molar-refractivity contribution in [3.8, 4) is 5.75 Å². The number of aromatic nitrogens is 1. The number of benzene rings is 1. The van der Waals surface area contributed by atoms with E-state index in [1.807, 2.05) is 49.5 Å².